The van der Waals surface area contributed by atoms with Crippen molar-refractivity contribution in [3.8, 4) is 0 Å². The number of likely N-dealkylation sites (tertiary alicyclic amines) is 1. The van der Waals surface area contributed by atoms with E-state index < -0.39 is 0 Å². The lowest BCUT2D eigenvalue weighted by atomic mass is 9.83. The first-order chi connectivity index (χ1) is 7.78. The third-order valence-corrected chi connectivity index (χ3v) is 4.84. The highest BCUT2D eigenvalue weighted by Crippen LogP contribution is 2.42. The molecule has 0 aromatic rings. The zero-order valence-electron chi connectivity index (χ0n) is 11.1. The summed E-state index contributed by atoms with van der Waals surface area (Å²) in [4.78, 5) is 2.73. The Morgan fingerprint density at radius 1 is 1.31 bits per heavy atom. The van der Waals surface area contributed by atoms with Crippen LogP contribution in [0.25, 0.3) is 0 Å². The predicted octanol–water partition coefficient (Wildman–Crippen LogP) is 2.50. The second-order valence-electron chi connectivity index (χ2n) is 6.01. The Labute approximate surface area is 101 Å². The maximum atomic E-state index is 3.32. The molecule has 0 aromatic heterocycles. The van der Waals surface area contributed by atoms with Gasteiger partial charge in [0.05, 0.1) is 0 Å². The minimum atomic E-state index is 0.689. The molecule has 2 rings (SSSR count). The zero-order chi connectivity index (χ0) is 11.4. The Bertz CT molecular complexity index is 209. The number of nitrogens with zero attached hydrogens (tertiary/aromatic N) is 1. The van der Waals surface area contributed by atoms with Crippen LogP contribution in [0.1, 0.15) is 45.4 Å². The van der Waals surface area contributed by atoms with E-state index in [2.05, 4.69) is 24.2 Å². The third-order valence-electron chi connectivity index (χ3n) is 4.84. The Balaban J connectivity index is 1.81. The number of rotatable bonds is 5. The maximum Gasteiger partial charge on any atom is 0.00380 e. The van der Waals surface area contributed by atoms with Gasteiger partial charge in [0, 0.05) is 13.1 Å². The summed E-state index contributed by atoms with van der Waals surface area (Å²) in [5.74, 6) is 0.903. The lowest BCUT2D eigenvalue weighted by Crippen LogP contribution is -2.35. The Kier molecular flexibility index (Phi) is 4.26. The van der Waals surface area contributed by atoms with Crippen molar-refractivity contribution in [1.82, 2.24) is 10.2 Å². The van der Waals surface area contributed by atoms with Crippen LogP contribution in [0.5, 0.6) is 0 Å². The molecule has 0 radical (unpaired) electrons. The fourth-order valence-corrected chi connectivity index (χ4v) is 3.73. The second-order valence-corrected chi connectivity index (χ2v) is 6.01. The Hall–Kier alpha value is -0.0800. The van der Waals surface area contributed by atoms with Gasteiger partial charge in [-0.2, -0.15) is 0 Å². The van der Waals surface area contributed by atoms with Crippen molar-refractivity contribution < 1.29 is 0 Å². The van der Waals surface area contributed by atoms with E-state index in [4.69, 9.17) is 0 Å². The summed E-state index contributed by atoms with van der Waals surface area (Å²) in [5, 5.41) is 3.32. The molecule has 1 unspecified atom stereocenters. The SMILES string of the molecule is CCC1(CN2CCC(CNC)C2)CCCC1. The molecule has 1 N–H and O–H groups in total. The van der Waals surface area contributed by atoms with Crippen molar-refractivity contribution in [3.05, 3.63) is 0 Å². The molecule has 94 valence electrons. The molecule has 1 aliphatic heterocycles. The quantitative estimate of drug-likeness (QED) is 0.772. The van der Waals surface area contributed by atoms with Crippen LogP contribution in [0.3, 0.4) is 0 Å². The van der Waals surface area contributed by atoms with Gasteiger partial charge in [0.15, 0.2) is 0 Å². The predicted molar refractivity (Wildman–Crippen MR) is 69.7 cm³/mol. The summed E-state index contributed by atoms with van der Waals surface area (Å²) in [7, 11) is 2.08. The topological polar surface area (TPSA) is 15.3 Å². The van der Waals surface area contributed by atoms with Gasteiger partial charge in [-0.1, -0.05) is 19.8 Å². The molecule has 1 aliphatic carbocycles. The van der Waals surface area contributed by atoms with E-state index in [1.165, 1.54) is 64.7 Å². The zero-order valence-corrected chi connectivity index (χ0v) is 11.1. The van der Waals surface area contributed by atoms with Crippen molar-refractivity contribution in [2.45, 2.75) is 45.4 Å². The van der Waals surface area contributed by atoms with E-state index in [9.17, 15) is 0 Å². The van der Waals surface area contributed by atoms with E-state index in [-0.39, 0.29) is 0 Å². The average molecular weight is 224 g/mol. The summed E-state index contributed by atoms with van der Waals surface area (Å²) in [6.07, 6.45) is 8.71. The lowest BCUT2D eigenvalue weighted by molar-refractivity contribution is 0.167. The minimum absolute atomic E-state index is 0.689. The molecule has 1 atom stereocenters. The smallest absolute Gasteiger partial charge is 0.00380 e. The number of hydrogen-bond acceptors (Lipinski definition) is 2. The monoisotopic (exact) mass is 224 g/mol. The number of hydrogen-bond donors (Lipinski definition) is 1. The molecule has 0 aromatic carbocycles. The molecule has 2 heteroatoms. The highest BCUT2D eigenvalue weighted by Gasteiger charge is 2.35. The van der Waals surface area contributed by atoms with Crippen LogP contribution >= 0.6 is 0 Å². The summed E-state index contributed by atoms with van der Waals surface area (Å²) < 4.78 is 0. The minimum Gasteiger partial charge on any atom is -0.319 e. The molecule has 2 nitrogen and oxygen atoms in total. The van der Waals surface area contributed by atoms with Crippen LogP contribution in [0.4, 0.5) is 0 Å². The first-order valence-corrected chi connectivity index (χ1v) is 7.15. The lowest BCUT2D eigenvalue weighted by Gasteiger charge is -2.32. The van der Waals surface area contributed by atoms with Gasteiger partial charge in [0.25, 0.3) is 0 Å². The first-order valence-electron chi connectivity index (χ1n) is 7.15. The molecular weight excluding hydrogens is 196 g/mol. The molecule has 0 spiro atoms. The normalized spacial score (nSPS) is 30.0. The van der Waals surface area contributed by atoms with Gasteiger partial charge in [0.2, 0.25) is 0 Å². The van der Waals surface area contributed by atoms with Crippen LogP contribution in [-0.4, -0.2) is 38.1 Å². The fraction of sp³-hybridized carbons (Fsp3) is 1.00. The molecule has 0 bridgehead atoms. The van der Waals surface area contributed by atoms with E-state index >= 15 is 0 Å². The van der Waals surface area contributed by atoms with Gasteiger partial charge in [-0.05, 0) is 57.2 Å². The highest BCUT2D eigenvalue weighted by molar-refractivity contribution is 4.89. The van der Waals surface area contributed by atoms with E-state index in [0.29, 0.717) is 5.41 Å². The molecule has 16 heavy (non-hydrogen) atoms. The van der Waals surface area contributed by atoms with Gasteiger partial charge < -0.3 is 10.2 Å². The maximum absolute atomic E-state index is 3.32. The van der Waals surface area contributed by atoms with Gasteiger partial charge in [0.1, 0.15) is 0 Å². The Morgan fingerprint density at radius 2 is 2.06 bits per heavy atom. The van der Waals surface area contributed by atoms with E-state index in [0.717, 1.165) is 5.92 Å². The molecule has 1 saturated carbocycles. The van der Waals surface area contributed by atoms with Crippen LogP contribution in [-0.2, 0) is 0 Å². The summed E-state index contributed by atoms with van der Waals surface area (Å²) in [6.45, 7) is 7.66. The van der Waals surface area contributed by atoms with Gasteiger partial charge in [-0.25, -0.2) is 0 Å². The molecule has 1 saturated heterocycles. The van der Waals surface area contributed by atoms with Crippen molar-refractivity contribution in [1.29, 1.82) is 0 Å². The highest BCUT2D eigenvalue weighted by atomic mass is 15.2. The van der Waals surface area contributed by atoms with Gasteiger partial charge in [-0.3, -0.25) is 0 Å². The van der Waals surface area contributed by atoms with E-state index in [1.54, 1.807) is 0 Å². The van der Waals surface area contributed by atoms with Crippen molar-refractivity contribution >= 4 is 0 Å². The summed E-state index contributed by atoms with van der Waals surface area (Å²) in [5.41, 5.74) is 0.689. The van der Waals surface area contributed by atoms with Crippen molar-refractivity contribution in [2.75, 3.05) is 33.2 Å². The largest absolute Gasteiger partial charge is 0.319 e. The van der Waals surface area contributed by atoms with Crippen LogP contribution in [0, 0.1) is 11.3 Å². The van der Waals surface area contributed by atoms with Crippen molar-refractivity contribution in [2.24, 2.45) is 11.3 Å². The Morgan fingerprint density at radius 3 is 2.69 bits per heavy atom. The van der Waals surface area contributed by atoms with Gasteiger partial charge >= 0.3 is 0 Å². The summed E-state index contributed by atoms with van der Waals surface area (Å²) in [6, 6.07) is 0. The molecule has 0 amide bonds. The third kappa shape index (κ3) is 2.78. The van der Waals surface area contributed by atoms with Crippen LogP contribution in [0.2, 0.25) is 0 Å². The molecular formula is C14H28N2. The first kappa shape index (κ1) is 12.4. The average Bonchev–Trinajstić information content (AvgIpc) is 2.90. The molecule has 1 heterocycles. The molecule has 2 fully saturated rings. The van der Waals surface area contributed by atoms with E-state index in [1.807, 2.05) is 0 Å². The van der Waals surface area contributed by atoms with Crippen LogP contribution in [0.15, 0.2) is 0 Å². The number of nitrogens with one attached hydrogen (secondary N) is 1. The standard InChI is InChI=1S/C14H28N2/c1-3-14(7-4-5-8-14)12-16-9-6-13(11-16)10-15-2/h13,15H,3-12H2,1-2H3. The van der Waals surface area contributed by atoms with Crippen molar-refractivity contribution in [3.63, 3.8) is 0 Å². The second kappa shape index (κ2) is 5.50. The van der Waals surface area contributed by atoms with Gasteiger partial charge in [-0.15, -0.1) is 0 Å². The molecule has 2 aliphatic rings. The fourth-order valence-electron chi connectivity index (χ4n) is 3.73. The van der Waals surface area contributed by atoms with Crippen LogP contribution < -0.4 is 5.32 Å². The summed E-state index contributed by atoms with van der Waals surface area (Å²) >= 11 is 0.